The predicted molar refractivity (Wildman–Crippen MR) is 128 cm³/mol. The maximum Gasteiger partial charge on any atom is 0.251 e. The molecule has 1 aliphatic rings. The summed E-state index contributed by atoms with van der Waals surface area (Å²) in [6, 6.07) is 7.16. The van der Waals surface area contributed by atoms with Crippen molar-refractivity contribution in [1.29, 1.82) is 0 Å². The topological polar surface area (TPSA) is 85.2 Å². The number of benzene rings is 1. The molecule has 1 amide bonds. The molecule has 1 N–H and O–H groups in total. The number of hydrogen-bond acceptors (Lipinski definition) is 7. The van der Waals surface area contributed by atoms with Crippen LogP contribution in [0.15, 0.2) is 35.6 Å². The van der Waals surface area contributed by atoms with Crippen LogP contribution in [0.1, 0.15) is 44.0 Å². The van der Waals surface area contributed by atoms with Crippen LogP contribution in [0.3, 0.4) is 0 Å². The Morgan fingerprint density at radius 1 is 1.19 bits per heavy atom. The summed E-state index contributed by atoms with van der Waals surface area (Å²) >= 11 is 1.66. The number of aromatic nitrogens is 4. The van der Waals surface area contributed by atoms with E-state index in [2.05, 4.69) is 29.2 Å². The number of hydrogen-bond donors (Lipinski definition) is 1. The van der Waals surface area contributed by atoms with Crippen molar-refractivity contribution >= 4 is 34.5 Å². The molecule has 1 saturated heterocycles. The first-order valence-corrected chi connectivity index (χ1v) is 12.1. The van der Waals surface area contributed by atoms with Gasteiger partial charge in [0.2, 0.25) is 0 Å². The van der Waals surface area contributed by atoms with Crippen LogP contribution in [0.5, 0.6) is 5.75 Å². The van der Waals surface area contributed by atoms with Gasteiger partial charge in [-0.25, -0.2) is 14.6 Å². The molecule has 0 bridgehead atoms. The third-order valence-electron chi connectivity index (χ3n) is 5.24. The number of thioether (sulfide) groups is 1. The van der Waals surface area contributed by atoms with Gasteiger partial charge in [0.15, 0.2) is 10.8 Å². The largest absolute Gasteiger partial charge is 0.494 e. The van der Waals surface area contributed by atoms with E-state index in [0.717, 1.165) is 40.8 Å². The summed E-state index contributed by atoms with van der Waals surface area (Å²) in [5.74, 6) is 1.61. The molecule has 32 heavy (non-hydrogen) atoms. The van der Waals surface area contributed by atoms with Crippen LogP contribution in [0, 0.1) is 0 Å². The molecule has 0 spiro atoms. The highest BCUT2D eigenvalue weighted by molar-refractivity contribution is 7.99. The zero-order valence-corrected chi connectivity index (χ0v) is 19.7. The van der Waals surface area contributed by atoms with Crippen molar-refractivity contribution in [2.24, 2.45) is 0 Å². The first-order chi connectivity index (χ1) is 15.5. The van der Waals surface area contributed by atoms with Gasteiger partial charge in [0.25, 0.3) is 5.91 Å². The average Bonchev–Trinajstić information content (AvgIpc) is 3.44. The smallest absolute Gasteiger partial charge is 0.251 e. The van der Waals surface area contributed by atoms with Crippen molar-refractivity contribution in [1.82, 2.24) is 25.1 Å². The summed E-state index contributed by atoms with van der Waals surface area (Å²) in [5.41, 5.74) is 1.42. The van der Waals surface area contributed by atoms with Gasteiger partial charge in [0.1, 0.15) is 11.6 Å². The van der Waals surface area contributed by atoms with Crippen LogP contribution in [0.4, 0.5) is 5.82 Å². The van der Waals surface area contributed by atoms with Crippen molar-refractivity contribution in [3.63, 3.8) is 0 Å². The Bertz CT molecular complexity index is 1060. The van der Waals surface area contributed by atoms with Gasteiger partial charge >= 0.3 is 0 Å². The fourth-order valence-corrected chi connectivity index (χ4v) is 4.46. The second-order valence-electron chi connectivity index (χ2n) is 8.01. The Morgan fingerprint density at radius 2 is 1.94 bits per heavy atom. The number of fused-ring (bicyclic) bond motifs is 1. The van der Waals surface area contributed by atoms with Crippen molar-refractivity contribution < 1.29 is 9.53 Å². The first kappa shape index (κ1) is 22.4. The first-order valence-electron chi connectivity index (χ1n) is 11.2. The molecular weight excluding hydrogens is 424 g/mol. The van der Waals surface area contributed by atoms with E-state index in [1.807, 2.05) is 29.9 Å². The van der Waals surface area contributed by atoms with Gasteiger partial charge in [0, 0.05) is 30.4 Å². The molecule has 170 valence electrons. The van der Waals surface area contributed by atoms with E-state index in [9.17, 15) is 4.79 Å². The monoisotopic (exact) mass is 454 g/mol. The second kappa shape index (κ2) is 10.2. The molecule has 3 heterocycles. The highest BCUT2D eigenvalue weighted by Crippen LogP contribution is 2.30. The van der Waals surface area contributed by atoms with Crippen LogP contribution in [0.2, 0.25) is 0 Å². The molecule has 0 aliphatic carbocycles. The van der Waals surface area contributed by atoms with E-state index >= 15 is 0 Å². The predicted octanol–water partition coefficient (Wildman–Crippen LogP) is 3.76. The molecule has 0 unspecified atom stereocenters. The highest BCUT2D eigenvalue weighted by Gasteiger charge is 2.21. The lowest BCUT2D eigenvalue weighted by atomic mass is 10.2. The summed E-state index contributed by atoms with van der Waals surface area (Å²) < 4.78 is 7.29. The van der Waals surface area contributed by atoms with E-state index in [4.69, 9.17) is 14.7 Å². The fraction of sp³-hybridized carbons (Fsp3) is 0.478. The maximum atomic E-state index is 12.5. The maximum absolute atomic E-state index is 12.5. The lowest BCUT2D eigenvalue weighted by molar-refractivity contribution is 0.0952. The average molecular weight is 455 g/mol. The number of ether oxygens (including phenoxy) is 1. The van der Waals surface area contributed by atoms with Crippen molar-refractivity contribution in [3.05, 3.63) is 36.0 Å². The quantitative estimate of drug-likeness (QED) is 0.389. The summed E-state index contributed by atoms with van der Waals surface area (Å²) in [4.78, 5) is 24.5. The summed E-state index contributed by atoms with van der Waals surface area (Å²) in [7, 11) is 0. The number of carbonyl (C=O) groups excluding carboxylic acids is 1. The number of anilines is 1. The van der Waals surface area contributed by atoms with Crippen LogP contribution < -0.4 is 15.0 Å². The SMILES string of the molecule is CCOc1ccc(C(=O)NCCn2ncc3c(N4CCCC4)nc(SC(C)C)nc32)cc1. The van der Waals surface area contributed by atoms with E-state index in [1.54, 1.807) is 23.9 Å². The molecule has 0 saturated carbocycles. The molecule has 0 radical (unpaired) electrons. The van der Waals surface area contributed by atoms with Crippen LogP contribution in [0.25, 0.3) is 11.0 Å². The van der Waals surface area contributed by atoms with Crippen molar-refractivity contribution in [2.45, 2.75) is 50.6 Å². The number of nitrogens with zero attached hydrogens (tertiary/aromatic N) is 5. The highest BCUT2D eigenvalue weighted by atomic mass is 32.2. The fourth-order valence-electron chi connectivity index (χ4n) is 3.76. The molecule has 2 aromatic heterocycles. The zero-order chi connectivity index (χ0) is 22.5. The lowest BCUT2D eigenvalue weighted by Crippen LogP contribution is -2.27. The van der Waals surface area contributed by atoms with Crippen LogP contribution in [-0.4, -0.2) is 57.1 Å². The minimum atomic E-state index is -0.118. The Balaban J connectivity index is 1.47. The van der Waals surface area contributed by atoms with E-state index < -0.39 is 0 Å². The standard InChI is InChI=1S/C23H30N6O2S/c1-4-31-18-9-7-17(8-10-18)22(30)24-11-14-29-21-19(15-25-29)20(28-12-5-6-13-28)26-23(27-21)32-16(2)3/h7-10,15-16H,4-6,11-14H2,1-3H3,(H,24,30). The molecule has 9 heteroatoms. The molecule has 0 atom stereocenters. The van der Waals surface area contributed by atoms with E-state index in [1.165, 1.54) is 12.8 Å². The Labute approximate surface area is 192 Å². The number of rotatable bonds is 9. The zero-order valence-electron chi connectivity index (χ0n) is 18.9. The van der Waals surface area contributed by atoms with Gasteiger partial charge in [-0.05, 0) is 44.0 Å². The van der Waals surface area contributed by atoms with Crippen molar-refractivity contribution in [2.75, 3.05) is 31.1 Å². The van der Waals surface area contributed by atoms with Gasteiger partial charge in [-0.3, -0.25) is 4.79 Å². The van der Waals surface area contributed by atoms with Crippen molar-refractivity contribution in [3.8, 4) is 5.75 Å². The van der Waals surface area contributed by atoms with E-state index in [-0.39, 0.29) is 5.91 Å². The number of amides is 1. The van der Waals surface area contributed by atoms with Gasteiger partial charge < -0.3 is 15.0 Å². The Kier molecular flexibility index (Phi) is 7.14. The molecule has 1 aromatic carbocycles. The molecule has 4 rings (SSSR count). The number of carbonyl (C=O) groups is 1. The second-order valence-corrected chi connectivity index (χ2v) is 9.55. The Hall–Kier alpha value is -2.81. The van der Waals surface area contributed by atoms with Gasteiger partial charge in [-0.1, -0.05) is 25.6 Å². The normalized spacial score (nSPS) is 13.8. The lowest BCUT2D eigenvalue weighted by Gasteiger charge is -2.18. The third kappa shape index (κ3) is 5.15. The van der Waals surface area contributed by atoms with Crippen LogP contribution >= 0.6 is 11.8 Å². The summed E-state index contributed by atoms with van der Waals surface area (Å²) in [6.07, 6.45) is 4.22. The molecular formula is C23H30N6O2S. The summed E-state index contributed by atoms with van der Waals surface area (Å²) in [6.45, 7) is 9.84. The number of nitrogens with one attached hydrogen (secondary N) is 1. The van der Waals surface area contributed by atoms with Crippen LogP contribution in [-0.2, 0) is 6.54 Å². The van der Waals surface area contributed by atoms with E-state index in [0.29, 0.717) is 30.5 Å². The molecule has 3 aromatic rings. The molecule has 1 fully saturated rings. The minimum Gasteiger partial charge on any atom is -0.494 e. The molecule has 8 nitrogen and oxygen atoms in total. The third-order valence-corrected chi connectivity index (χ3v) is 6.10. The Morgan fingerprint density at radius 3 is 2.62 bits per heavy atom. The summed E-state index contributed by atoms with van der Waals surface area (Å²) in [5, 5.41) is 9.67. The van der Waals surface area contributed by atoms with Gasteiger partial charge in [-0.2, -0.15) is 5.10 Å². The van der Waals surface area contributed by atoms with Gasteiger partial charge in [-0.15, -0.1) is 0 Å². The minimum absolute atomic E-state index is 0.118. The van der Waals surface area contributed by atoms with Gasteiger partial charge in [0.05, 0.1) is 24.7 Å². The molecule has 1 aliphatic heterocycles.